The summed E-state index contributed by atoms with van der Waals surface area (Å²) in [5.41, 5.74) is 7.29. The molecule has 1 atom stereocenters. The lowest BCUT2D eigenvalue weighted by Crippen LogP contribution is -2.49. The Morgan fingerprint density at radius 2 is 2.23 bits per heavy atom. The molecule has 118 valence electrons. The van der Waals surface area contributed by atoms with Crippen molar-refractivity contribution in [3.05, 3.63) is 30.0 Å². The second kappa shape index (κ2) is 5.53. The summed E-state index contributed by atoms with van der Waals surface area (Å²) >= 11 is 0. The van der Waals surface area contributed by atoms with Gasteiger partial charge in [-0.05, 0) is 44.9 Å². The molecule has 3 N–H and O–H groups in total. The van der Waals surface area contributed by atoms with Crippen LogP contribution >= 0.6 is 0 Å². The van der Waals surface area contributed by atoms with Crippen LogP contribution in [0, 0.1) is 0 Å². The number of aromatic nitrogens is 1. The van der Waals surface area contributed by atoms with Gasteiger partial charge in [-0.25, -0.2) is 10.2 Å². The Hall–Kier alpha value is -2.21. The molecule has 0 bridgehead atoms. The second-order valence-electron chi connectivity index (χ2n) is 6.48. The highest BCUT2D eigenvalue weighted by molar-refractivity contribution is 5.89. The number of carbonyl (C=O) groups excluding carboxylic acids is 1. The van der Waals surface area contributed by atoms with E-state index in [2.05, 4.69) is 15.8 Å². The molecule has 0 aliphatic carbocycles. The Morgan fingerprint density at radius 1 is 1.41 bits per heavy atom. The molecule has 2 heterocycles. The summed E-state index contributed by atoms with van der Waals surface area (Å²) in [5.74, 6) is 0.871. The van der Waals surface area contributed by atoms with Gasteiger partial charge < -0.3 is 14.5 Å². The second-order valence-corrected chi connectivity index (χ2v) is 6.48. The van der Waals surface area contributed by atoms with Crippen molar-refractivity contribution in [1.29, 1.82) is 0 Å². The summed E-state index contributed by atoms with van der Waals surface area (Å²) in [6, 6.07) is 5.92. The van der Waals surface area contributed by atoms with Gasteiger partial charge in [-0.15, -0.1) is 0 Å². The van der Waals surface area contributed by atoms with E-state index in [1.54, 1.807) is 0 Å². The molecule has 0 fully saturated rings. The maximum Gasteiger partial charge on any atom is 0.422 e. The van der Waals surface area contributed by atoms with Crippen LogP contribution in [0.25, 0.3) is 10.9 Å². The molecule has 1 aromatic carbocycles. The van der Waals surface area contributed by atoms with Gasteiger partial charge in [-0.1, -0.05) is 6.07 Å². The van der Waals surface area contributed by atoms with Crippen molar-refractivity contribution in [1.82, 2.24) is 15.8 Å². The minimum atomic E-state index is -0.519. The minimum Gasteiger partial charge on any atom is -0.491 e. The molecule has 22 heavy (non-hydrogen) atoms. The highest BCUT2D eigenvalue weighted by Gasteiger charge is 2.22. The van der Waals surface area contributed by atoms with E-state index in [0.717, 1.165) is 23.1 Å². The number of amides is 1. The van der Waals surface area contributed by atoms with Crippen LogP contribution in [0.3, 0.4) is 0 Å². The first-order chi connectivity index (χ1) is 10.4. The summed E-state index contributed by atoms with van der Waals surface area (Å²) in [4.78, 5) is 14.9. The molecule has 0 saturated carbocycles. The number of carbonyl (C=O) groups is 1. The zero-order valence-electron chi connectivity index (χ0n) is 13.0. The smallest absolute Gasteiger partial charge is 0.422 e. The normalized spacial score (nSPS) is 17.7. The first-order valence-corrected chi connectivity index (χ1v) is 7.39. The van der Waals surface area contributed by atoms with Crippen molar-refractivity contribution < 1.29 is 14.3 Å². The third-order valence-corrected chi connectivity index (χ3v) is 3.43. The quantitative estimate of drug-likeness (QED) is 0.745. The van der Waals surface area contributed by atoms with E-state index in [4.69, 9.17) is 9.47 Å². The zero-order chi connectivity index (χ0) is 15.7. The van der Waals surface area contributed by atoms with E-state index in [0.29, 0.717) is 6.61 Å². The summed E-state index contributed by atoms with van der Waals surface area (Å²) in [6.07, 6.45) is 2.26. The molecular weight excluding hydrogens is 282 g/mol. The van der Waals surface area contributed by atoms with Gasteiger partial charge in [0.05, 0.1) is 6.04 Å². The van der Waals surface area contributed by atoms with Crippen LogP contribution in [0.1, 0.15) is 26.3 Å². The number of rotatable bonds is 2. The molecule has 3 rings (SSSR count). The molecule has 6 heteroatoms. The number of benzene rings is 1. The van der Waals surface area contributed by atoms with Crippen molar-refractivity contribution in [2.24, 2.45) is 0 Å². The predicted molar refractivity (Wildman–Crippen MR) is 83.8 cm³/mol. The Bertz CT molecular complexity index is 687. The molecule has 1 aliphatic rings. The molecule has 1 aromatic heterocycles. The maximum absolute atomic E-state index is 11.7. The van der Waals surface area contributed by atoms with Crippen LogP contribution in [0.15, 0.2) is 24.4 Å². The van der Waals surface area contributed by atoms with Gasteiger partial charge in [0.2, 0.25) is 0 Å². The Kier molecular flexibility index (Phi) is 3.70. The number of hydrogen-bond donors (Lipinski definition) is 3. The van der Waals surface area contributed by atoms with Gasteiger partial charge >= 0.3 is 6.09 Å². The van der Waals surface area contributed by atoms with Gasteiger partial charge in [0.25, 0.3) is 0 Å². The molecule has 1 aliphatic heterocycles. The molecule has 1 amide bonds. The van der Waals surface area contributed by atoms with E-state index >= 15 is 0 Å². The minimum absolute atomic E-state index is 0.0288. The van der Waals surface area contributed by atoms with Crippen molar-refractivity contribution in [3.63, 3.8) is 0 Å². The first kappa shape index (κ1) is 14.7. The average Bonchev–Trinajstić information content (AvgIpc) is 2.73. The monoisotopic (exact) mass is 303 g/mol. The number of aromatic amines is 1. The number of nitrogens with one attached hydrogen (secondary N) is 3. The lowest BCUT2D eigenvalue weighted by atomic mass is 10.1. The van der Waals surface area contributed by atoms with Gasteiger partial charge in [-0.2, -0.15) is 0 Å². The molecule has 6 nitrogen and oxygen atoms in total. The average molecular weight is 303 g/mol. The van der Waals surface area contributed by atoms with Crippen molar-refractivity contribution in [2.75, 3.05) is 6.61 Å². The molecule has 0 radical (unpaired) electrons. The summed E-state index contributed by atoms with van der Waals surface area (Å²) in [6.45, 7) is 5.96. The van der Waals surface area contributed by atoms with Crippen LogP contribution in [-0.4, -0.2) is 29.3 Å². The summed E-state index contributed by atoms with van der Waals surface area (Å²) in [7, 11) is 0. The van der Waals surface area contributed by atoms with Crippen LogP contribution in [0.4, 0.5) is 4.79 Å². The summed E-state index contributed by atoms with van der Waals surface area (Å²) in [5, 5.41) is 1.11. The largest absolute Gasteiger partial charge is 0.491 e. The predicted octanol–water partition coefficient (Wildman–Crippen LogP) is 2.50. The zero-order valence-corrected chi connectivity index (χ0v) is 13.0. The van der Waals surface area contributed by atoms with E-state index in [1.807, 2.05) is 45.2 Å². The van der Waals surface area contributed by atoms with E-state index in [-0.39, 0.29) is 6.04 Å². The van der Waals surface area contributed by atoms with E-state index in [1.165, 1.54) is 5.56 Å². The van der Waals surface area contributed by atoms with Crippen LogP contribution in [-0.2, 0) is 11.2 Å². The molecular formula is C16H21N3O3. The summed E-state index contributed by atoms with van der Waals surface area (Å²) < 4.78 is 11.1. The van der Waals surface area contributed by atoms with Gasteiger partial charge in [-0.3, -0.25) is 5.43 Å². The van der Waals surface area contributed by atoms with Gasteiger partial charge in [0.15, 0.2) is 0 Å². The SMILES string of the molecule is CC(C)(C)OC(=O)NNC1COc2cccc3[nH]cc(c23)C1. The highest BCUT2D eigenvalue weighted by Crippen LogP contribution is 2.31. The fraction of sp³-hybridized carbons (Fsp3) is 0.438. The fourth-order valence-corrected chi connectivity index (χ4v) is 2.57. The standard InChI is InChI=1S/C16H21N3O3/c1-16(2,3)22-15(20)19-18-11-7-10-8-17-12-5-4-6-13(14(10)12)21-9-11/h4-6,8,11,17-18H,7,9H2,1-3H3,(H,19,20). The van der Waals surface area contributed by atoms with Crippen molar-refractivity contribution in [2.45, 2.75) is 38.8 Å². The third-order valence-electron chi connectivity index (χ3n) is 3.43. The van der Waals surface area contributed by atoms with Crippen LogP contribution < -0.4 is 15.6 Å². The van der Waals surface area contributed by atoms with Crippen LogP contribution in [0.2, 0.25) is 0 Å². The topological polar surface area (TPSA) is 75.4 Å². The van der Waals surface area contributed by atoms with Crippen molar-refractivity contribution >= 4 is 17.0 Å². The number of hydrazine groups is 1. The van der Waals surface area contributed by atoms with E-state index in [9.17, 15) is 4.79 Å². The Balaban J connectivity index is 1.65. The fourth-order valence-electron chi connectivity index (χ4n) is 2.57. The van der Waals surface area contributed by atoms with Gasteiger partial charge in [0, 0.05) is 17.1 Å². The lowest BCUT2D eigenvalue weighted by Gasteiger charge is -2.22. The van der Waals surface area contributed by atoms with Gasteiger partial charge in [0.1, 0.15) is 18.0 Å². The Morgan fingerprint density at radius 3 is 3.00 bits per heavy atom. The maximum atomic E-state index is 11.7. The molecule has 1 unspecified atom stereocenters. The molecule has 2 aromatic rings. The molecule has 0 spiro atoms. The van der Waals surface area contributed by atoms with Crippen LogP contribution in [0.5, 0.6) is 5.75 Å². The lowest BCUT2D eigenvalue weighted by molar-refractivity contribution is 0.0481. The number of hydrogen-bond acceptors (Lipinski definition) is 4. The van der Waals surface area contributed by atoms with Crippen molar-refractivity contribution in [3.8, 4) is 5.75 Å². The first-order valence-electron chi connectivity index (χ1n) is 7.39. The molecule has 0 saturated heterocycles. The number of H-pyrrole nitrogens is 1. The third kappa shape index (κ3) is 3.17. The van der Waals surface area contributed by atoms with E-state index < -0.39 is 11.7 Å². The highest BCUT2D eigenvalue weighted by atomic mass is 16.6. The number of ether oxygens (including phenoxy) is 2. The Labute approximate surface area is 129 Å².